The van der Waals surface area contributed by atoms with E-state index in [0.29, 0.717) is 26.0 Å². The second-order valence-electron chi connectivity index (χ2n) is 4.82. The first-order chi connectivity index (χ1) is 8.79. The zero-order chi connectivity index (χ0) is 14.2. The molecule has 0 saturated carbocycles. The van der Waals surface area contributed by atoms with Crippen molar-refractivity contribution in [1.29, 1.82) is 0 Å². The van der Waals surface area contributed by atoms with Gasteiger partial charge in [0, 0.05) is 11.1 Å². The van der Waals surface area contributed by atoms with Gasteiger partial charge in [-0.05, 0) is 26.3 Å². The number of hydrogen-bond donors (Lipinski definition) is 2. The minimum atomic E-state index is -0.945. The van der Waals surface area contributed by atoms with Crippen LogP contribution in [0.1, 0.15) is 29.1 Å². The monoisotopic (exact) mass is 298 g/mol. The Balaban J connectivity index is 2.47. The van der Waals surface area contributed by atoms with E-state index in [0.717, 1.165) is 16.7 Å². The van der Waals surface area contributed by atoms with Gasteiger partial charge in [-0.3, -0.25) is 0 Å². The lowest BCUT2D eigenvalue weighted by molar-refractivity contribution is 0.0701. The van der Waals surface area contributed by atoms with E-state index >= 15 is 0 Å². The highest BCUT2D eigenvalue weighted by molar-refractivity contribution is 7.99. The van der Waals surface area contributed by atoms with Crippen LogP contribution in [0.2, 0.25) is 0 Å². The number of carbonyl (C=O) groups is 1. The third-order valence-electron chi connectivity index (χ3n) is 2.45. The molecule has 2 N–H and O–H groups in total. The molecule has 2 aromatic rings. The molecule has 0 aliphatic rings. The summed E-state index contributed by atoms with van der Waals surface area (Å²) in [7, 11) is 0. The molecule has 2 aromatic heterocycles. The van der Waals surface area contributed by atoms with Crippen molar-refractivity contribution in [2.24, 2.45) is 0 Å². The Bertz CT molecular complexity index is 632. The Morgan fingerprint density at radius 2 is 2.16 bits per heavy atom. The number of thiophene rings is 1. The summed E-state index contributed by atoms with van der Waals surface area (Å²) in [5, 5.41) is 20.4. The lowest BCUT2D eigenvalue weighted by atomic mass is 10.2. The van der Waals surface area contributed by atoms with Gasteiger partial charge in [0.15, 0.2) is 0 Å². The van der Waals surface area contributed by atoms with Crippen LogP contribution in [0.4, 0.5) is 0 Å². The molecule has 2 rings (SSSR count). The van der Waals surface area contributed by atoms with Crippen LogP contribution in [0.25, 0.3) is 10.2 Å². The molecule has 2 heterocycles. The third-order valence-corrected chi connectivity index (χ3v) is 5.07. The van der Waals surface area contributed by atoms with Crippen LogP contribution in [-0.2, 0) is 0 Å². The Morgan fingerprint density at radius 1 is 1.47 bits per heavy atom. The van der Waals surface area contributed by atoms with Crippen LogP contribution in [0.3, 0.4) is 0 Å². The lowest BCUT2D eigenvalue weighted by Gasteiger charge is -2.15. The van der Waals surface area contributed by atoms with Crippen LogP contribution in [0.15, 0.2) is 11.4 Å². The van der Waals surface area contributed by atoms with Crippen LogP contribution >= 0.6 is 23.1 Å². The molecule has 0 fully saturated rings. The number of aliphatic hydroxyl groups is 1. The molecule has 0 atom stereocenters. The molecule has 19 heavy (non-hydrogen) atoms. The minimum Gasteiger partial charge on any atom is -0.477 e. The van der Waals surface area contributed by atoms with Gasteiger partial charge in [-0.15, -0.1) is 23.1 Å². The average molecular weight is 298 g/mol. The van der Waals surface area contributed by atoms with E-state index in [1.807, 2.05) is 0 Å². The van der Waals surface area contributed by atoms with Crippen molar-refractivity contribution in [1.82, 2.24) is 9.97 Å². The molecule has 0 aromatic carbocycles. The topological polar surface area (TPSA) is 83.3 Å². The Hall–Kier alpha value is -1.18. The summed E-state index contributed by atoms with van der Waals surface area (Å²) in [4.78, 5) is 20.4. The number of aromatic carboxylic acids is 1. The normalized spacial score (nSPS) is 12.0. The van der Waals surface area contributed by atoms with E-state index in [-0.39, 0.29) is 0 Å². The number of fused-ring (bicyclic) bond motifs is 1. The second-order valence-corrected chi connectivity index (χ2v) is 6.78. The summed E-state index contributed by atoms with van der Waals surface area (Å²) in [6.07, 6.45) is 1.43. The molecule has 0 unspecified atom stereocenters. The highest BCUT2D eigenvalue weighted by Gasteiger charge is 2.20. The molecule has 5 nitrogen and oxygen atoms in total. The zero-order valence-corrected chi connectivity index (χ0v) is 12.4. The van der Waals surface area contributed by atoms with E-state index in [9.17, 15) is 9.90 Å². The molecule has 0 aliphatic heterocycles. The quantitative estimate of drug-likeness (QED) is 0.666. The van der Waals surface area contributed by atoms with Gasteiger partial charge >= 0.3 is 5.97 Å². The zero-order valence-electron chi connectivity index (χ0n) is 10.8. The van der Waals surface area contributed by atoms with Gasteiger partial charge in [0.1, 0.15) is 21.1 Å². The first-order valence-electron chi connectivity index (χ1n) is 5.62. The van der Waals surface area contributed by atoms with Gasteiger partial charge in [0.25, 0.3) is 0 Å². The number of aromatic nitrogens is 2. The summed E-state index contributed by atoms with van der Waals surface area (Å²) in [6.45, 7) is 5.21. The Kier molecular flexibility index (Phi) is 3.80. The predicted octanol–water partition coefficient (Wildman–Crippen LogP) is 2.56. The van der Waals surface area contributed by atoms with Gasteiger partial charge in [0.2, 0.25) is 0 Å². The maximum absolute atomic E-state index is 11.1. The van der Waals surface area contributed by atoms with Gasteiger partial charge in [0.05, 0.1) is 5.60 Å². The first-order valence-corrected chi connectivity index (χ1v) is 7.42. The summed E-state index contributed by atoms with van der Waals surface area (Å²) in [5.74, 6) is -0.462. The van der Waals surface area contributed by atoms with Crippen molar-refractivity contribution in [3.8, 4) is 0 Å². The lowest BCUT2D eigenvalue weighted by Crippen LogP contribution is -2.21. The van der Waals surface area contributed by atoms with Crippen molar-refractivity contribution >= 4 is 39.3 Å². The number of hydrogen-bond acceptors (Lipinski definition) is 6. The highest BCUT2D eigenvalue weighted by Crippen LogP contribution is 2.35. The molecular weight excluding hydrogens is 284 g/mol. The maximum atomic E-state index is 11.1. The highest BCUT2D eigenvalue weighted by atomic mass is 32.2. The van der Waals surface area contributed by atoms with Gasteiger partial charge in [-0.1, -0.05) is 0 Å². The number of nitrogens with zero attached hydrogens (tertiary/aromatic N) is 2. The number of carboxylic acid groups (broad SMARTS) is 1. The smallest absolute Gasteiger partial charge is 0.346 e. The standard InChI is InChI=1S/C12H14N2O3S2/c1-6-7-9(18-4-12(2,3)17)13-5-14-10(7)19-8(6)11(15)16/h5,17H,4H2,1-3H3,(H,15,16). The Labute approximate surface area is 118 Å². The number of aryl methyl sites for hydroxylation is 1. The van der Waals surface area contributed by atoms with Gasteiger partial charge in [-0.2, -0.15) is 0 Å². The first kappa shape index (κ1) is 14.2. The molecule has 0 saturated heterocycles. The number of rotatable bonds is 4. The van der Waals surface area contributed by atoms with E-state index in [1.165, 1.54) is 18.1 Å². The summed E-state index contributed by atoms with van der Waals surface area (Å²) >= 11 is 2.56. The molecule has 0 spiro atoms. The molecule has 7 heteroatoms. The summed E-state index contributed by atoms with van der Waals surface area (Å²) < 4.78 is 0. The number of thioether (sulfide) groups is 1. The van der Waals surface area contributed by atoms with Crippen molar-refractivity contribution in [3.05, 3.63) is 16.8 Å². The molecule has 0 aliphatic carbocycles. The second kappa shape index (κ2) is 5.07. The SMILES string of the molecule is Cc1c(C(=O)O)sc2ncnc(SCC(C)(C)O)c12. The fraction of sp³-hybridized carbons (Fsp3) is 0.417. The van der Waals surface area contributed by atoms with E-state index in [2.05, 4.69) is 9.97 Å². The number of carboxylic acids is 1. The Morgan fingerprint density at radius 3 is 2.74 bits per heavy atom. The largest absolute Gasteiger partial charge is 0.477 e. The van der Waals surface area contributed by atoms with Gasteiger partial charge in [-0.25, -0.2) is 14.8 Å². The molecular formula is C12H14N2O3S2. The third kappa shape index (κ3) is 3.05. The van der Waals surface area contributed by atoms with Crippen molar-refractivity contribution in [3.63, 3.8) is 0 Å². The van der Waals surface area contributed by atoms with Crippen LogP contribution < -0.4 is 0 Å². The molecule has 0 bridgehead atoms. The van der Waals surface area contributed by atoms with E-state index < -0.39 is 11.6 Å². The van der Waals surface area contributed by atoms with Crippen molar-refractivity contribution in [2.75, 3.05) is 5.75 Å². The van der Waals surface area contributed by atoms with Gasteiger partial charge < -0.3 is 10.2 Å². The minimum absolute atomic E-state index is 0.292. The fourth-order valence-corrected chi connectivity index (χ4v) is 3.66. The molecule has 102 valence electrons. The molecule has 0 amide bonds. The van der Waals surface area contributed by atoms with Crippen LogP contribution in [0, 0.1) is 6.92 Å². The fourth-order valence-electron chi connectivity index (χ4n) is 1.60. The predicted molar refractivity (Wildman–Crippen MR) is 76.1 cm³/mol. The van der Waals surface area contributed by atoms with Crippen molar-refractivity contribution < 1.29 is 15.0 Å². The van der Waals surface area contributed by atoms with E-state index in [1.54, 1.807) is 20.8 Å². The average Bonchev–Trinajstić information content (AvgIpc) is 2.64. The van der Waals surface area contributed by atoms with Crippen molar-refractivity contribution in [2.45, 2.75) is 31.4 Å². The maximum Gasteiger partial charge on any atom is 0.346 e. The van der Waals surface area contributed by atoms with E-state index in [4.69, 9.17) is 5.11 Å². The van der Waals surface area contributed by atoms with Crippen LogP contribution in [0.5, 0.6) is 0 Å². The molecule has 0 radical (unpaired) electrons. The summed E-state index contributed by atoms with van der Waals surface area (Å²) in [6, 6.07) is 0. The van der Waals surface area contributed by atoms with Crippen LogP contribution in [-0.4, -0.2) is 37.5 Å². The summed E-state index contributed by atoms with van der Waals surface area (Å²) in [5.41, 5.74) is -0.118.